The van der Waals surface area contributed by atoms with E-state index < -0.39 is 5.79 Å². The Morgan fingerprint density at radius 1 is 0.897 bits per heavy atom. The SMILES string of the molecule is O=C(Nc1ccc2c(c1)OC1(CCCC1)O2)c1ccccc1C(=O)c1cccs1. The molecule has 29 heavy (non-hydrogen) atoms. The molecule has 2 aromatic carbocycles. The third-order valence-electron chi connectivity index (χ3n) is 5.32. The second kappa shape index (κ2) is 7.04. The number of amides is 1. The third kappa shape index (κ3) is 3.29. The van der Waals surface area contributed by atoms with Crippen LogP contribution in [0.4, 0.5) is 5.69 Å². The number of carbonyl (C=O) groups is 2. The molecule has 6 heteroatoms. The highest BCUT2D eigenvalue weighted by atomic mass is 32.1. The van der Waals surface area contributed by atoms with Crippen LogP contribution in [-0.2, 0) is 0 Å². The molecule has 0 radical (unpaired) electrons. The van der Waals surface area contributed by atoms with E-state index >= 15 is 0 Å². The average Bonchev–Trinajstić information content (AvgIpc) is 3.48. The molecule has 1 saturated carbocycles. The zero-order valence-electron chi connectivity index (χ0n) is 15.6. The Kier molecular flexibility index (Phi) is 4.36. The summed E-state index contributed by atoms with van der Waals surface area (Å²) >= 11 is 1.36. The molecule has 5 rings (SSSR count). The molecule has 2 aliphatic rings. The normalized spacial score (nSPS) is 16.1. The van der Waals surface area contributed by atoms with Crippen molar-refractivity contribution < 1.29 is 19.1 Å². The number of ketones is 1. The van der Waals surface area contributed by atoms with Crippen molar-refractivity contribution in [3.63, 3.8) is 0 Å². The van der Waals surface area contributed by atoms with Gasteiger partial charge >= 0.3 is 0 Å². The number of nitrogens with one attached hydrogen (secondary N) is 1. The Labute approximate surface area is 172 Å². The van der Waals surface area contributed by atoms with Crippen LogP contribution in [0.2, 0.25) is 0 Å². The summed E-state index contributed by atoms with van der Waals surface area (Å²) in [6.45, 7) is 0. The fourth-order valence-corrected chi connectivity index (χ4v) is 4.59. The molecular weight excluding hydrogens is 386 g/mol. The Hall–Kier alpha value is -3.12. The molecule has 1 aliphatic heterocycles. The number of carbonyl (C=O) groups excluding carboxylic acids is 2. The van der Waals surface area contributed by atoms with Gasteiger partial charge in [-0.3, -0.25) is 9.59 Å². The third-order valence-corrected chi connectivity index (χ3v) is 6.19. The van der Waals surface area contributed by atoms with Gasteiger partial charge in [0.1, 0.15) is 0 Å². The molecule has 3 aromatic rings. The molecule has 5 nitrogen and oxygen atoms in total. The van der Waals surface area contributed by atoms with Crippen molar-refractivity contribution in [1.82, 2.24) is 0 Å². The number of anilines is 1. The number of ether oxygens (including phenoxy) is 2. The van der Waals surface area contributed by atoms with Crippen LogP contribution in [0, 0.1) is 0 Å². The van der Waals surface area contributed by atoms with Crippen molar-refractivity contribution in [2.45, 2.75) is 31.5 Å². The second-order valence-electron chi connectivity index (χ2n) is 7.29. The van der Waals surface area contributed by atoms with Crippen LogP contribution in [-0.4, -0.2) is 17.5 Å². The lowest BCUT2D eigenvalue weighted by Gasteiger charge is -2.21. The Morgan fingerprint density at radius 2 is 1.66 bits per heavy atom. The van der Waals surface area contributed by atoms with E-state index in [0.29, 0.717) is 33.2 Å². The monoisotopic (exact) mass is 405 g/mol. The van der Waals surface area contributed by atoms with Gasteiger partial charge < -0.3 is 14.8 Å². The first-order chi connectivity index (χ1) is 14.1. The van der Waals surface area contributed by atoms with E-state index in [9.17, 15) is 9.59 Å². The molecule has 1 amide bonds. The minimum atomic E-state index is -0.537. The van der Waals surface area contributed by atoms with E-state index in [1.165, 1.54) is 11.3 Å². The standard InChI is InChI=1S/C23H19NO4S/c25-21(20-8-5-13-29-20)16-6-1-2-7-17(16)22(26)24-15-9-10-18-19(14-15)28-23(27-18)11-3-4-12-23/h1-2,5-10,13-14H,3-4,11-12H2,(H,24,26). The van der Waals surface area contributed by atoms with Gasteiger partial charge in [0, 0.05) is 30.2 Å². The summed E-state index contributed by atoms with van der Waals surface area (Å²) in [5, 5.41) is 4.73. The van der Waals surface area contributed by atoms with Crippen LogP contribution in [0.3, 0.4) is 0 Å². The summed E-state index contributed by atoms with van der Waals surface area (Å²) in [5.41, 5.74) is 1.33. The van der Waals surface area contributed by atoms with Crippen molar-refractivity contribution in [2.24, 2.45) is 0 Å². The lowest BCUT2D eigenvalue weighted by Crippen LogP contribution is -2.34. The zero-order chi connectivity index (χ0) is 19.8. The molecule has 1 spiro atoms. The first kappa shape index (κ1) is 17.9. The highest BCUT2D eigenvalue weighted by Gasteiger charge is 2.44. The molecule has 0 bridgehead atoms. The number of thiophene rings is 1. The fraction of sp³-hybridized carbons (Fsp3) is 0.217. The minimum Gasteiger partial charge on any atom is -0.448 e. The van der Waals surface area contributed by atoms with E-state index in [-0.39, 0.29) is 11.7 Å². The Morgan fingerprint density at radius 3 is 2.41 bits per heavy atom. The number of rotatable bonds is 4. The van der Waals surface area contributed by atoms with Crippen LogP contribution >= 0.6 is 11.3 Å². The minimum absolute atomic E-state index is 0.153. The van der Waals surface area contributed by atoms with Crippen LogP contribution in [0.15, 0.2) is 60.0 Å². The van der Waals surface area contributed by atoms with Gasteiger partial charge in [0.05, 0.1) is 10.4 Å². The molecule has 0 unspecified atom stereocenters. The summed E-state index contributed by atoms with van der Waals surface area (Å²) < 4.78 is 12.1. The van der Waals surface area contributed by atoms with Gasteiger partial charge in [-0.1, -0.05) is 24.3 Å². The maximum absolute atomic E-state index is 12.9. The predicted octanol–water partition coefficient (Wildman–Crippen LogP) is 5.27. The van der Waals surface area contributed by atoms with Gasteiger partial charge in [0.15, 0.2) is 11.5 Å². The summed E-state index contributed by atoms with van der Waals surface area (Å²) in [6, 6.07) is 15.8. The summed E-state index contributed by atoms with van der Waals surface area (Å²) in [7, 11) is 0. The van der Waals surface area contributed by atoms with Gasteiger partial charge in [-0.15, -0.1) is 11.3 Å². The average molecular weight is 405 g/mol. The predicted molar refractivity (Wildman–Crippen MR) is 111 cm³/mol. The highest BCUT2D eigenvalue weighted by Crippen LogP contribution is 2.47. The van der Waals surface area contributed by atoms with Gasteiger partial charge in [-0.25, -0.2) is 0 Å². The second-order valence-corrected chi connectivity index (χ2v) is 8.24. The van der Waals surface area contributed by atoms with E-state index in [1.807, 2.05) is 17.5 Å². The molecule has 2 heterocycles. The summed E-state index contributed by atoms with van der Waals surface area (Å²) in [5.74, 6) is 0.329. The first-order valence-electron chi connectivity index (χ1n) is 9.64. The molecule has 0 atom stereocenters. The lowest BCUT2D eigenvalue weighted by molar-refractivity contribution is -0.0716. The van der Waals surface area contributed by atoms with E-state index in [4.69, 9.17) is 9.47 Å². The van der Waals surface area contributed by atoms with Gasteiger partial charge in [-0.05, 0) is 42.5 Å². The molecule has 1 aromatic heterocycles. The quantitative estimate of drug-likeness (QED) is 0.601. The summed E-state index contributed by atoms with van der Waals surface area (Å²) in [6.07, 6.45) is 3.93. The van der Waals surface area contributed by atoms with Gasteiger partial charge in [-0.2, -0.15) is 0 Å². The molecule has 1 N–H and O–H groups in total. The van der Waals surface area contributed by atoms with Crippen molar-refractivity contribution >= 4 is 28.7 Å². The molecule has 1 aliphatic carbocycles. The van der Waals surface area contributed by atoms with E-state index in [2.05, 4.69) is 5.32 Å². The Balaban J connectivity index is 1.38. The van der Waals surface area contributed by atoms with Crippen LogP contribution in [0.25, 0.3) is 0 Å². The largest absolute Gasteiger partial charge is 0.448 e. The topological polar surface area (TPSA) is 64.6 Å². The van der Waals surface area contributed by atoms with Gasteiger partial charge in [0.25, 0.3) is 11.7 Å². The summed E-state index contributed by atoms with van der Waals surface area (Å²) in [4.78, 5) is 26.3. The van der Waals surface area contributed by atoms with Crippen LogP contribution < -0.4 is 14.8 Å². The van der Waals surface area contributed by atoms with Crippen molar-refractivity contribution in [1.29, 1.82) is 0 Å². The highest BCUT2D eigenvalue weighted by molar-refractivity contribution is 7.12. The van der Waals surface area contributed by atoms with Crippen LogP contribution in [0.5, 0.6) is 11.5 Å². The Bertz CT molecular complexity index is 1080. The van der Waals surface area contributed by atoms with E-state index in [0.717, 1.165) is 25.7 Å². The molecule has 0 saturated heterocycles. The maximum atomic E-state index is 12.9. The van der Waals surface area contributed by atoms with Crippen molar-refractivity contribution in [3.8, 4) is 11.5 Å². The van der Waals surface area contributed by atoms with Crippen molar-refractivity contribution in [3.05, 3.63) is 76.0 Å². The van der Waals surface area contributed by atoms with E-state index in [1.54, 1.807) is 42.5 Å². The lowest BCUT2D eigenvalue weighted by atomic mass is 10.0. The smallest absolute Gasteiger partial charge is 0.256 e. The first-order valence-corrected chi connectivity index (χ1v) is 10.5. The molecule has 146 valence electrons. The molecule has 1 fully saturated rings. The number of hydrogen-bond donors (Lipinski definition) is 1. The van der Waals surface area contributed by atoms with Gasteiger partial charge in [0.2, 0.25) is 5.78 Å². The fourth-order valence-electron chi connectivity index (χ4n) is 3.91. The zero-order valence-corrected chi connectivity index (χ0v) is 16.5. The number of fused-ring (bicyclic) bond motifs is 1. The van der Waals surface area contributed by atoms with Crippen LogP contribution in [0.1, 0.15) is 51.3 Å². The van der Waals surface area contributed by atoms with Crippen molar-refractivity contribution in [2.75, 3.05) is 5.32 Å². The maximum Gasteiger partial charge on any atom is 0.256 e. The number of hydrogen-bond acceptors (Lipinski definition) is 5. The number of benzene rings is 2. The molecular formula is C23H19NO4S.